The van der Waals surface area contributed by atoms with Gasteiger partial charge < -0.3 is 4.90 Å². The van der Waals surface area contributed by atoms with Crippen molar-refractivity contribution in [1.82, 2.24) is 9.21 Å². The normalized spacial score (nSPS) is 11.3. The molecule has 0 N–H and O–H groups in total. The van der Waals surface area contributed by atoms with E-state index in [1.807, 2.05) is 11.4 Å². The van der Waals surface area contributed by atoms with E-state index in [0.29, 0.717) is 0 Å². The molecule has 0 rings (SSSR count). The van der Waals surface area contributed by atoms with Crippen LogP contribution in [-0.2, 0) is 0 Å². The van der Waals surface area contributed by atoms with E-state index in [0.717, 1.165) is 13.1 Å². The van der Waals surface area contributed by atoms with Crippen LogP contribution in [-0.4, -0.2) is 43.4 Å². The van der Waals surface area contributed by atoms with Crippen molar-refractivity contribution in [1.29, 1.82) is 0 Å². The van der Waals surface area contributed by atoms with Gasteiger partial charge in [-0.1, -0.05) is 12.8 Å². The maximum Gasteiger partial charge on any atom is 0.00960 e. The van der Waals surface area contributed by atoms with Crippen LogP contribution in [0.3, 0.4) is 0 Å². The molecule has 0 heterocycles. The second-order valence-electron chi connectivity index (χ2n) is 2.54. The molecule has 3 heteroatoms. The Kier molecular flexibility index (Phi) is 5.24. The van der Waals surface area contributed by atoms with Gasteiger partial charge in [0.15, 0.2) is 0 Å². The summed E-state index contributed by atoms with van der Waals surface area (Å²) in [5, 5.41) is 0. The molecule has 0 spiro atoms. The fourth-order valence-electron chi connectivity index (χ4n) is 0.616. The average Bonchev–Trinajstić information content (AvgIpc) is 1.63. The van der Waals surface area contributed by atoms with Gasteiger partial charge in [-0.05, 0) is 34.1 Å². The molecule has 0 fully saturated rings. The highest BCUT2D eigenvalue weighted by Gasteiger charge is 1.91. The van der Waals surface area contributed by atoms with Crippen molar-refractivity contribution >= 4 is 12.8 Å². The molecule has 0 aliphatic heterocycles. The van der Waals surface area contributed by atoms with Crippen molar-refractivity contribution in [3.05, 3.63) is 0 Å². The van der Waals surface area contributed by atoms with E-state index in [1.54, 1.807) is 0 Å². The topological polar surface area (TPSA) is 6.48 Å². The third-order valence-electron chi connectivity index (χ3n) is 1.09. The SMILES string of the molecule is CN(C)CCCN(C)S. The second kappa shape index (κ2) is 5.09. The van der Waals surface area contributed by atoms with Gasteiger partial charge in [0.1, 0.15) is 0 Å². The quantitative estimate of drug-likeness (QED) is 0.587. The third kappa shape index (κ3) is 8.27. The van der Waals surface area contributed by atoms with E-state index < -0.39 is 0 Å². The lowest BCUT2D eigenvalue weighted by Crippen LogP contribution is -2.17. The van der Waals surface area contributed by atoms with Crippen molar-refractivity contribution in [3.8, 4) is 0 Å². The number of nitrogens with zero attached hydrogens (tertiary/aromatic N) is 2. The molecule has 0 atom stereocenters. The summed E-state index contributed by atoms with van der Waals surface area (Å²) in [6.45, 7) is 2.20. The van der Waals surface area contributed by atoms with E-state index in [9.17, 15) is 0 Å². The molecule has 0 aromatic carbocycles. The molecular weight excluding hydrogens is 132 g/mol. The molecule has 0 aliphatic rings. The van der Waals surface area contributed by atoms with Crippen LogP contribution >= 0.6 is 12.8 Å². The Morgan fingerprint density at radius 1 is 1.11 bits per heavy atom. The summed E-state index contributed by atoms with van der Waals surface area (Å²) in [5.74, 6) is 0. The first-order chi connectivity index (χ1) is 4.13. The molecule has 0 saturated carbocycles. The summed E-state index contributed by atoms with van der Waals surface area (Å²) in [5.41, 5.74) is 0. The van der Waals surface area contributed by atoms with Crippen LogP contribution in [0.2, 0.25) is 0 Å². The van der Waals surface area contributed by atoms with E-state index in [2.05, 4.69) is 31.8 Å². The summed E-state index contributed by atoms with van der Waals surface area (Å²) in [4.78, 5) is 2.18. The van der Waals surface area contributed by atoms with E-state index in [-0.39, 0.29) is 0 Å². The number of hydrogen-bond acceptors (Lipinski definition) is 3. The predicted molar refractivity (Wildman–Crippen MR) is 44.8 cm³/mol. The summed E-state index contributed by atoms with van der Waals surface area (Å²) in [7, 11) is 6.13. The molecule has 0 saturated heterocycles. The number of rotatable bonds is 4. The van der Waals surface area contributed by atoms with Crippen LogP contribution in [0.5, 0.6) is 0 Å². The predicted octanol–water partition coefficient (Wildman–Crippen LogP) is 0.715. The first-order valence-corrected chi connectivity index (χ1v) is 3.57. The average molecular weight is 148 g/mol. The summed E-state index contributed by atoms with van der Waals surface area (Å²) in [6, 6.07) is 0. The summed E-state index contributed by atoms with van der Waals surface area (Å²) >= 11 is 4.12. The highest BCUT2D eigenvalue weighted by Crippen LogP contribution is 1.90. The number of hydrogen-bond donors (Lipinski definition) is 1. The zero-order chi connectivity index (χ0) is 7.28. The van der Waals surface area contributed by atoms with E-state index in [4.69, 9.17) is 0 Å². The van der Waals surface area contributed by atoms with Gasteiger partial charge in [-0.3, -0.25) is 4.31 Å². The smallest absolute Gasteiger partial charge is 0.00960 e. The Hall–Kier alpha value is 0.270. The second-order valence-corrected chi connectivity index (χ2v) is 3.22. The van der Waals surface area contributed by atoms with Crippen LogP contribution in [0.25, 0.3) is 0 Å². The molecule has 0 aromatic heterocycles. The summed E-state index contributed by atoms with van der Waals surface area (Å²) in [6.07, 6.45) is 1.19. The Labute approximate surface area is 63.4 Å². The van der Waals surface area contributed by atoms with Gasteiger partial charge in [-0.2, -0.15) is 0 Å². The first kappa shape index (κ1) is 9.27. The molecule has 9 heavy (non-hydrogen) atoms. The van der Waals surface area contributed by atoms with Crippen LogP contribution in [0, 0.1) is 0 Å². The fraction of sp³-hybridized carbons (Fsp3) is 1.00. The lowest BCUT2D eigenvalue weighted by atomic mass is 10.4. The zero-order valence-corrected chi connectivity index (χ0v) is 7.36. The molecule has 0 bridgehead atoms. The van der Waals surface area contributed by atoms with Crippen LogP contribution < -0.4 is 0 Å². The minimum atomic E-state index is 1.06. The fourth-order valence-corrected chi connectivity index (χ4v) is 0.757. The van der Waals surface area contributed by atoms with Crippen molar-refractivity contribution in [3.63, 3.8) is 0 Å². The van der Waals surface area contributed by atoms with Gasteiger partial charge in [0.25, 0.3) is 0 Å². The summed E-state index contributed by atoms with van der Waals surface area (Å²) < 4.78 is 1.91. The lowest BCUT2D eigenvalue weighted by Gasteiger charge is -2.11. The van der Waals surface area contributed by atoms with Gasteiger partial charge >= 0.3 is 0 Å². The highest BCUT2D eigenvalue weighted by atomic mass is 32.1. The molecule has 56 valence electrons. The molecular formula is C6H16N2S. The largest absolute Gasteiger partial charge is 0.309 e. The maximum atomic E-state index is 4.12. The standard InChI is InChI=1S/C6H16N2S/c1-7(2)5-4-6-8(3)9/h9H,4-6H2,1-3H3. The Balaban J connectivity index is 2.91. The Bertz CT molecular complexity index is 56.1. The van der Waals surface area contributed by atoms with Gasteiger partial charge in [0, 0.05) is 6.54 Å². The maximum absolute atomic E-state index is 4.12. The van der Waals surface area contributed by atoms with Crippen molar-refractivity contribution in [2.24, 2.45) is 0 Å². The third-order valence-corrected chi connectivity index (χ3v) is 1.29. The van der Waals surface area contributed by atoms with Crippen LogP contribution in [0.1, 0.15) is 6.42 Å². The Morgan fingerprint density at radius 3 is 2.00 bits per heavy atom. The molecule has 0 aliphatic carbocycles. The van der Waals surface area contributed by atoms with Crippen LogP contribution in [0.15, 0.2) is 0 Å². The molecule has 0 amide bonds. The van der Waals surface area contributed by atoms with E-state index in [1.165, 1.54) is 6.42 Å². The van der Waals surface area contributed by atoms with Gasteiger partial charge in [-0.15, -0.1) is 0 Å². The van der Waals surface area contributed by atoms with Crippen molar-refractivity contribution in [2.75, 3.05) is 34.2 Å². The highest BCUT2D eigenvalue weighted by molar-refractivity contribution is 7.77. The molecule has 2 nitrogen and oxygen atoms in total. The lowest BCUT2D eigenvalue weighted by molar-refractivity contribution is 0.381. The van der Waals surface area contributed by atoms with E-state index >= 15 is 0 Å². The van der Waals surface area contributed by atoms with Crippen molar-refractivity contribution in [2.45, 2.75) is 6.42 Å². The minimum absolute atomic E-state index is 1.06. The van der Waals surface area contributed by atoms with Crippen molar-refractivity contribution < 1.29 is 0 Å². The minimum Gasteiger partial charge on any atom is -0.309 e. The molecule has 0 unspecified atom stereocenters. The monoisotopic (exact) mass is 148 g/mol. The molecule has 0 radical (unpaired) electrons. The van der Waals surface area contributed by atoms with Gasteiger partial charge in [0.2, 0.25) is 0 Å². The zero-order valence-electron chi connectivity index (χ0n) is 6.46. The number of thiol groups is 1. The van der Waals surface area contributed by atoms with Gasteiger partial charge in [-0.25, -0.2) is 0 Å². The first-order valence-electron chi connectivity index (χ1n) is 3.17. The Morgan fingerprint density at radius 2 is 1.67 bits per heavy atom. The molecule has 0 aromatic rings. The van der Waals surface area contributed by atoms with Gasteiger partial charge in [0.05, 0.1) is 0 Å². The van der Waals surface area contributed by atoms with Crippen LogP contribution in [0.4, 0.5) is 0 Å².